The van der Waals surface area contributed by atoms with Crippen LogP contribution in [0.1, 0.15) is 25.7 Å². The molecule has 1 atom stereocenters. The number of imidazole rings is 1. The minimum atomic E-state index is -0.290. The third kappa shape index (κ3) is 3.40. The summed E-state index contributed by atoms with van der Waals surface area (Å²) in [5, 5.41) is 9.11. The summed E-state index contributed by atoms with van der Waals surface area (Å²) in [5.74, 6) is 0.561. The van der Waals surface area contributed by atoms with Gasteiger partial charge in [0.15, 0.2) is 0 Å². The number of benzene rings is 1. The zero-order valence-corrected chi connectivity index (χ0v) is 12.6. The molecule has 0 saturated carbocycles. The third-order valence-electron chi connectivity index (χ3n) is 3.73. The first kappa shape index (κ1) is 15.9. The number of nitrogens with zero attached hydrogens (tertiary/aromatic N) is 3. The third-order valence-corrected chi connectivity index (χ3v) is 3.73. The quantitative estimate of drug-likeness (QED) is 0.812. The lowest BCUT2D eigenvalue weighted by atomic mass is 10.2. The van der Waals surface area contributed by atoms with E-state index in [0.29, 0.717) is 25.2 Å². The van der Waals surface area contributed by atoms with E-state index in [2.05, 4.69) is 14.5 Å². The summed E-state index contributed by atoms with van der Waals surface area (Å²) in [7, 11) is 0. The molecule has 0 aliphatic heterocycles. The van der Waals surface area contributed by atoms with Crippen LogP contribution in [0, 0.1) is 5.82 Å². The van der Waals surface area contributed by atoms with Crippen molar-refractivity contribution >= 4 is 11.0 Å². The van der Waals surface area contributed by atoms with Gasteiger partial charge in [-0.15, -0.1) is 0 Å². The number of hydrogen-bond donors (Lipinski definition) is 2. The lowest BCUT2D eigenvalue weighted by Gasteiger charge is -2.21. The summed E-state index contributed by atoms with van der Waals surface area (Å²) < 4.78 is 15.5. The average Bonchev–Trinajstić information content (AvgIpc) is 2.82. The van der Waals surface area contributed by atoms with Gasteiger partial charge in [-0.05, 0) is 25.6 Å². The molecule has 0 spiro atoms. The fraction of sp³-hybridized carbons (Fsp3) is 0.533. The topological polar surface area (TPSA) is 67.3 Å². The Labute approximate surface area is 124 Å². The Morgan fingerprint density at radius 3 is 2.86 bits per heavy atom. The van der Waals surface area contributed by atoms with Crippen molar-refractivity contribution in [3.8, 4) is 0 Å². The Morgan fingerprint density at radius 1 is 1.48 bits per heavy atom. The van der Waals surface area contributed by atoms with E-state index in [4.69, 9.17) is 10.8 Å². The zero-order chi connectivity index (χ0) is 15.4. The maximum Gasteiger partial charge on any atom is 0.125 e. The molecule has 0 saturated heterocycles. The molecular weight excluding hydrogens is 271 g/mol. The number of aliphatic hydroxyl groups is 1. The normalized spacial score (nSPS) is 13.2. The van der Waals surface area contributed by atoms with E-state index in [1.807, 2.05) is 13.8 Å². The molecule has 2 aromatic rings. The van der Waals surface area contributed by atoms with Gasteiger partial charge in [-0.3, -0.25) is 4.90 Å². The van der Waals surface area contributed by atoms with Crippen molar-refractivity contribution in [2.75, 3.05) is 26.2 Å². The highest BCUT2D eigenvalue weighted by atomic mass is 19.1. The van der Waals surface area contributed by atoms with Gasteiger partial charge in [-0.1, -0.05) is 6.92 Å². The Balaban J connectivity index is 2.45. The molecule has 21 heavy (non-hydrogen) atoms. The van der Waals surface area contributed by atoms with Gasteiger partial charge < -0.3 is 15.4 Å². The van der Waals surface area contributed by atoms with Gasteiger partial charge in [-0.25, -0.2) is 9.37 Å². The van der Waals surface area contributed by atoms with Crippen LogP contribution in [0.25, 0.3) is 11.0 Å². The van der Waals surface area contributed by atoms with Crippen molar-refractivity contribution in [3.05, 3.63) is 29.8 Å². The van der Waals surface area contributed by atoms with Crippen LogP contribution in [0.2, 0.25) is 0 Å². The lowest BCUT2D eigenvalue weighted by Crippen LogP contribution is -2.29. The van der Waals surface area contributed by atoms with E-state index in [1.54, 1.807) is 6.07 Å². The Morgan fingerprint density at radius 2 is 2.24 bits per heavy atom. The smallest absolute Gasteiger partial charge is 0.125 e. The summed E-state index contributed by atoms with van der Waals surface area (Å²) in [6.45, 7) is 6.67. The number of nitrogens with two attached hydrogens (primary N) is 1. The molecule has 1 unspecified atom stereocenters. The second-order valence-electron chi connectivity index (χ2n) is 5.21. The predicted octanol–water partition coefficient (Wildman–Crippen LogP) is 1.51. The number of likely N-dealkylation sites (N-methyl/N-ethyl adjacent to an activating group) is 1. The van der Waals surface area contributed by atoms with Crippen LogP contribution in [-0.4, -0.2) is 45.8 Å². The fourth-order valence-corrected chi connectivity index (χ4v) is 2.52. The number of aromatic nitrogens is 2. The largest absolute Gasteiger partial charge is 0.395 e. The zero-order valence-electron chi connectivity index (χ0n) is 12.6. The highest BCUT2D eigenvalue weighted by Gasteiger charge is 2.17. The minimum absolute atomic E-state index is 0.0864. The number of aliphatic hydroxyl groups excluding tert-OH is 1. The highest BCUT2D eigenvalue weighted by Crippen LogP contribution is 2.22. The molecule has 0 amide bonds. The number of hydrogen-bond acceptors (Lipinski definition) is 4. The molecule has 0 bridgehead atoms. The van der Waals surface area contributed by atoms with E-state index in [1.165, 1.54) is 12.1 Å². The van der Waals surface area contributed by atoms with Gasteiger partial charge in [0.2, 0.25) is 0 Å². The molecular formula is C15H23FN4O. The number of rotatable bonds is 7. The molecule has 0 fully saturated rings. The maximum atomic E-state index is 13.4. The van der Waals surface area contributed by atoms with Crippen LogP contribution in [0.15, 0.2) is 18.2 Å². The van der Waals surface area contributed by atoms with E-state index in [-0.39, 0.29) is 18.5 Å². The summed E-state index contributed by atoms with van der Waals surface area (Å²) >= 11 is 0. The van der Waals surface area contributed by atoms with E-state index in [9.17, 15) is 4.39 Å². The molecule has 5 nitrogen and oxygen atoms in total. The van der Waals surface area contributed by atoms with Gasteiger partial charge in [-0.2, -0.15) is 0 Å². The van der Waals surface area contributed by atoms with Crippen molar-refractivity contribution in [2.45, 2.75) is 26.4 Å². The number of halogens is 1. The highest BCUT2D eigenvalue weighted by molar-refractivity contribution is 5.76. The van der Waals surface area contributed by atoms with Gasteiger partial charge in [0, 0.05) is 25.2 Å². The molecule has 1 aromatic carbocycles. The molecule has 116 valence electrons. The molecule has 1 aromatic heterocycles. The van der Waals surface area contributed by atoms with Crippen LogP contribution >= 0.6 is 0 Å². The van der Waals surface area contributed by atoms with Gasteiger partial charge >= 0.3 is 0 Å². The van der Waals surface area contributed by atoms with E-state index >= 15 is 0 Å². The SMILES string of the molecule is CCN(CCO)Cc1nc2cc(F)ccc2n1C(C)CN. The van der Waals surface area contributed by atoms with Gasteiger partial charge in [0.1, 0.15) is 11.6 Å². The molecule has 2 rings (SSSR count). The molecule has 1 heterocycles. The van der Waals surface area contributed by atoms with Crippen LogP contribution in [0.4, 0.5) is 4.39 Å². The molecule has 3 N–H and O–H groups in total. The Kier molecular flexibility index (Phi) is 5.27. The van der Waals surface area contributed by atoms with E-state index < -0.39 is 0 Å². The van der Waals surface area contributed by atoms with Crippen molar-refractivity contribution in [1.82, 2.24) is 14.5 Å². The average molecular weight is 294 g/mol. The maximum absolute atomic E-state index is 13.4. The lowest BCUT2D eigenvalue weighted by molar-refractivity contribution is 0.192. The van der Waals surface area contributed by atoms with Gasteiger partial charge in [0.25, 0.3) is 0 Å². The first-order valence-electron chi connectivity index (χ1n) is 7.30. The second-order valence-corrected chi connectivity index (χ2v) is 5.21. The second kappa shape index (κ2) is 6.98. The standard InChI is InChI=1S/C15H23FN4O/c1-3-19(6-7-21)10-15-18-13-8-12(16)4-5-14(13)20(15)11(2)9-17/h4-5,8,11,21H,3,6-7,9-10,17H2,1-2H3. The number of fused-ring (bicyclic) bond motifs is 1. The van der Waals surface area contributed by atoms with Crippen LogP contribution in [0.5, 0.6) is 0 Å². The summed E-state index contributed by atoms with van der Waals surface area (Å²) in [6, 6.07) is 4.72. The molecule has 0 aliphatic carbocycles. The van der Waals surface area contributed by atoms with Crippen LogP contribution in [0.3, 0.4) is 0 Å². The van der Waals surface area contributed by atoms with Crippen molar-refractivity contribution in [1.29, 1.82) is 0 Å². The molecule has 0 radical (unpaired) electrons. The molecule has 6 heteroatoms. The van der Waals surface area contributed by atoms with Crippen molar-refractivity contribution < 1.29 is 9.50 Å². The fourth-order valence-electron chi connectivity index (χ4n) is 2.52. The first-order valence-corrected chi connectivity index (χ1v) is 7.30. The van der Waals surface area contributed by atoms with E-state index in [0.717, 1.165) is 17.9 Å². The van der Waals surface area contributed by atoms with Gasteiger partial charge in [0.05, 0.1) is 24.2 Å². The summed E-state index contributed by atoms with van der Waals surface area (Å²) in [4.78, 5) is 6.65. The first-order chi connectivity index (χ1) is 10.1. The monoisotopic (exact) mass is 294 g/mol. The summed E-state index contributed by atoms with van der Waals surface area (Å²) in [5.41, 5.74) is 7.34. The van der Waals surface area contributed by atoms with Crippen molar-refractivity contribution in [3.63, 3.8) is 0 Å². The summed E-state index contributed by atoms with van der Waals surface area (Å²) in [6.07, 6.45) is 0. The van der Waals surface area contributed by atoms with Crippen molar-refractivity contribution in [2.24, 2.45) is 5.73 Å². The minimum Gasteiger partial charge on any atom is -0.395 e. The molecule has 0 aliphatic rings. The van der Waals surface area contributed by atoms with Crippen LogP contribution in [-0.2, 0) is 6.54 Å². The Bertz CT molecular complexity index is 599. The predicted molar refractivity (Wildman–Crippen MR) is 81.5 cm³/mol. The Hall–Kier alpha value is -1.50. The van der Waals surface area contributed by atoms with Crippen LogP contribution < -0.4 is 5.73 Å².